The highest BCUT2D eigenvalue weighted by molar-refractivity contribution is 7.89. The highest BCUT2D eigenvalue weighted by Crippen LogP contribution is 2.30. The van der Waals surface area contributed by atoms with Crippen LogP contribution in [0.1, 0.15) is 40.9 Å². The van der Waals surface area contributed by atoms with Crippen LogP contribution < -0.4 is 5.14 Å². The van der Waals surface area contributed by atoms with E-state index < -0.39 is 10.0 Å². The van der Waals surface area contributed by atoms with Crippen molar-refractivity contribution in [2.24, 2.45) is 11.1 Å². The molecule has 0 radical (unpaired) electrons. The molecule has 6 nitrogen and oxygen atoms in total. The van der Waals surface area contributed by atoms with E-state index in [0.29, 0.717) is 25.1 Å². The normalized spacial score (nSPS) is 20.8. The van der Waals surface area contributed by atoms with Gasteiger partial charge in [0.05, 0.1) is 5.75 Å². The SMILES string of the molecule is NS(=O)(=O)C[C@@H]1CCN(C(=O)c2ccc3c4c([nH]c3c2)CCCC4)C1. The Morgan fingerprint density at radius 3 is 2.88 bits per heavy atom. The van der Waals surface area contributed by atoms with E-state index >= 15 is 0 Å². The van der Waals surface area contributed by atoms with Crippen molar-refractivity contribution in [3.8, 4) is 0 Å². The first-order chi connectivity index (χ1) is 11.9. The lowest BCUT2D eigenvalue weighted by Gasteiger charge is -2.16. The number of nitrogens with one attached hydrogen (secondary N) is 1. The van der Waals surface area contributed by atoms with E-state index in [-0.39, 0.29) is 17.6 Å². The second-order valence-electron chi connectivity index (χ2n) is 7.28. The number of likely N-dealkylation sites (tertiary alicyclic amines) is 1. The summed E-state index contributed by atoms with van der Waals surface area (Å²) in [4.78, 5) is 18.0. The maximum Gasteiger partial charge on any atom is 0.253 e. The zero-order valence-electron chi connectivity index (χ0n) is 14.1. The van der Waals surface area contributed by atoms with Crippen LogP contribution in [0.15, 0.2) is 18.2 Å². The summed E-state index contributed by atoms with van der Waals surface area (Å²) in [6.07, 6.45) is 5.30. The molecule has 0 saturated carbocycles. The number of nitrogens with zero attached hydrogens (tertiary/aromatic N) is 1. The van der Waals surface area contributed by atoms with E-state index in [0.717, 1.165) is 18.4 Å². The molecule has 1 aliphatic carbocycles. The third-order valence-corrected chi connectivity index (χ3v) is 6.32. The predicted octanol–water partition coefficient (Wildman–Crippen LogP) is 1.80. The van der Waals surface area contributed by atoms with Gasteiger partial charge in [-0.25, -0.2) is 13.6 Å². The average Bonchev–Trinajstić information content (AvgIpc) is 3.16. The van der Waals surface area contributed by atoms with Crippen molar-refractivity contribution in [3.05, 3.63) is 35.0 Å². The van der Waals surface area contributed by atoms with Crippen LogP contribution in [0.4, 0.5) is 0 Å². The lowest BCUT2D eigenvalue weighted by molar-refractivity contribution is 0.0788. The van der Waals surface area contributed by atoms with Crippen LogP contribution >= 0.6 is 0 Å². The van der Waals surface area contributed by atoms with E-state index in [4.69, 9.17) is 5.14 Å². The number of aryl methyl sites for hydroxylation is 2. The van der Waals surface area contributed by atoms with Gasteiger partial charge in [-0.15, -0.1) is 0 Å². The Bertz CT molecular complexity index is 932. The number of hydrogen-bond donors (Lipinski definition) is 2. The molecule has 1 fully saturated rings. The van der Waals surface area contributed by atoms with Gasteiger partial charge in [0.25, 0.3) is 5.91 Å². The van der Waals surface area contributed by atoms with E-state index in [1.807, 2.05) is 18.2 Å². The largest absolute Gasteiger partial charge is 0.358 e. The number of amides is 1. The molecule has 1 saturated heterocycles. The molecule has 7 heteroatoms. The van der Waals surface area contributed by atoms with Crippen molar-refractivity contribution in [2.45, 2.75) is 32.1 Å². The van der Waals surface area contributed by atoms with Gasteiger partial charge in [-0.3, -0.25) is 4.79 Å². The standard InChI is InChI=1S/C18H23N3O3S/c19-25(23,24)11-12-7-8-21(10-12)18(22)13-5-6-15-14-3-1-2-4-16(14)20-17(15)9-13/h5-6,9,12,20H,1-4,7-8,10-11H2,(H2,19,23,24)/t12-/m1/s1. The van der Waals surface area contributed by atoms with Crippen molar-refractivity contribution in [1.29, 1.82) is 0 Å². The number of aromatic amines is 1. The molecular formula is C18H23N3O3S. The second-order valence-corrected chi connectivity index (χ2v) is 8.94. The van der Waals surface area contributed by atoms with Crippen molar-refractivity contribution >= 4 is 26.8 Å². The lowest BCUT2D eigenvalue weighted by Crippen LogP contribution is -2.30. The van der Waals surface area contributed by atoms with E-state index in [2.05, 4.69) is 4.98 Å². The number of sulfonamides is 1. The first-order valence-electron chi connectivity index (χ1n) is 8.84. The number of rotatable bonds is 3. The maximum absolute atomic E-state index is 12.8. The number of hydrogen-bond acceptors (Lipinski definition) is 3. The smallest absolute Gasteiger partial charge is 0.253 e. The molecule has 25 heavy (non-hydrogen) atoms. The molecule has 3 N–H and O–H groups in total. The summed E-state index contributed by atoms with van der Waals surface area (Å²) in [7, 11) is -3.50. The molecule has 1 aliphatic heterocycles. The molecule has 1 amide bonds. The van der Waals surface area contributed by atoms with Crippen molar-refractivity contribution in [3.63, 3.8) is 0 Å². The number of fused-ring (bicyclic) bond motifs is 3. The van der Waals surface area contributed by atoms with Crippen molar-refractivity contribution in [1.82, 2.24) is 9.88 Å². The Morgan fingerprint density at radius 2 is 2.08 bits per heavy atom. The molecule has 4 rings (SSSR count). The van der Waals surface area contributed by atoms with Gasteiger partial charge < -0.3 is 9.88 Å². The van der Waals surface area contributed by atoms with Gasteiger partial charge in [0.1, 0.15) is 0 Å². The van der Waals surface area contributed by atoms with Crippen LogP contribution in [-0.4, -0.2) is 43.1 Å². The van der Waals surface area contributed by atoms with E-state index in [9.17, 15) is 13.2 Å². The van der Waals surface area contributed by atoms with Gasteiger partial charge in [-0.2, -0.15) is 0 Å². The number of carbonyl (C=O) groups excluding carboxylic acids is 1. The summed E-state index contributed by atoms with van der Waals surface area (Å²) in [5.41, 5.74) is 4.38. The van der Waals surface area contributed by atoms with Crippen molar-refractivity contribution < 1.29 is 13.2 Å². The summed E-state index contributed by atoms with van der Waals surface area (Å²) >= 11 is 0. The van der Waals surface area contributed by atoms with Crippen LogP contribution in [-0.2, 0) is 22.9 Å². The number of nitrogens with two attached hydrogens (primary N) is 1. The van der Waals surface area contributed by atoms with Crippen LogP contribution in [0.25, 0.3) is 10.9 Å². The minimum Gasteiger partial charge on any atom is -0.358 e. The Labute approximate surface area is 147 Å². The Kier molecular flexibility index (Phi) is 4.08. The molecule has 2 aliphatic rings. The highest BCUT2D eigenvalue weighted by Gasteiger charge is 2.29. The van der Waals surface area contributed by atoms with Gasteiger partial charge in [0, 0.05) is 35.2 Å². The zero-order valence-corrected chi connectivity index (χ0v) is 14.9. The molecule has 1 aromatic heterocycles. The van der Waals surface area contributed by atoms with Crippen LogP contribution in [0.5, 0.6) is 0 Å². The van der Waals surface area contributed by atoms with Crippen LogP contribution in [0, 0.1) is 5.92 Å². The van der Waals surface area contributed by atoms with Gasteiger partial charge in [-0.1, -0.05) is 6.07 Å². The molecule has 2 aromatic rings. The quantitative estimate of drug-likeness (QED) is 0.872. The molecule has 0 unspecified atom stereocenters. The van der Waals surface area contributed by atoms with Crippen LogP contribution in [0.2, 0.25) is 0 Å². The maximum atomic E-state index is 12.8. The summed E-state index contributed by atoms with van der Waals surface area (Å²) in [5.74, 6) is -0.161. The number of primary sulfonamides is 1. The fraction of sp³-hybridized carbons (Fsp3) is 0.500. The molecular weight excluding hydrogens is 338 g/mol. The monoisotopic (exact) mass is 361 g/mol. The third kappa shape index (κ3) is 3.30. The van der Waals surface area contributed by atoms with Crippen molar-refractivity contribution in [2.75, 3.05) is 18.8 Å². The van der Waals surface area contributed by atoms with E-state index in [1.54, 1.807) is 4.90 Å². The predicted molar refractivity (Wildman–Crippen MR) is 96.9 cm³/mol. The van der Waals surface area contributed by atoms with E-state index in [1.165, 1.54) is 29.5 Å². The topological polar surface area (TPSA) is 96.3 Å². The summed E-state index contributed by atoms with van der Waals surface area (Å²) < 4.78 is 22.5. The Hall–Kier alpha value is -1.86. The molecule has 2 heterocycles. The van der Waals surface area contributed by atoms with Gasteiger partial charge in [0.15, 0.2) is 0 Å². The zero-order chi connectivity index (χ0) is 17.6. The fourth-order valence-electron chi connectivity index (χ4n) is 4.21. The lowest BCUT2D eigenvalue weighted by atomic mass is 9.95. The third-order valence-electron chi connectivity index (χ3n) is 5.39. The molecule has 134 valence electrons. The molecule has 0 bridgehead atoms. The van der Waals surface area contributed by atoms with Gasteiger partial charge in [0.2, 0.25) is 10.0 Å². The number of H-pyrrole nitrogens is 1. The minimum absolute atomic E-state index is 0.0357. The number of benzene rings is 1. The first kappa shape index (κ1) is 16.6. The first-order valence-corrected chi connectivity index (χ1v) is 10.6. The molecule has 1 atom stereocenters. The minimum atomic E-state index is -3.50. The summed E-state index contributed by atoms with van der Waals surface area (Å²) in [5, 5.41) is 6.34. The van der Waals surface area contributed by atoms with Gasteiger partial charge in [-0.05, 0) is 55.7 Å². The molecule has 1 aromatic carbocycles. The van der Waals surface area contributed by atoms with Crippen LogP contribution in [0.3, 0.4) is 0 Å². The summed E-state index contributed by atoms with van der Waals surface area (Å²) in [6, 6.07) is 5.87. The fourth-order valence-corrected chi connectivity index (χ4v) is 5.14. The number of aromatic nitrogens is 1. The highest BCUT2D eigenvalue weighted by atomic mass is 32.2. The molecule has 0 spiro atoms. The number of carbonyl (C=O) groups is 1. The average molecular weight is 361 g/mol. The Morgan fingerprint density at radius 1 is 1.28 bits per heavy atom. The Balaban J connectivity index is 1.54. The van der Waals surface area contributed by atoms with Gasteiger partial charge >= 0.3 is 0 Å². The summed E-state index contributed by atoms with van der Waals surface area (Å²) in [6.45, 7) is 1.03. The second kappa shape index (κ2) is 6.14.